The zero-order chi connectivity index (χ0) is 15.6. The minimum atomic E-state index is -0.166. The number of aromatic nitrogens is 2. The fraction of sp³-hybridized carbons (Fsp3) is 0.176. The number of methoxy groups -OCH3 is 1. The molecule has 5 nitrogen and oxygen atoms in total. The number of rotatable bonds is 3. The Morgan fingerprint density at radius 3 is 2.61 bits per heavy atom. The molecule has 0 aliphatic carbocycles. The molecule has 0 fully saturated rings. The molecule has 0 saturated heterocycles. The Balaban J connectivity index is 1.76. The van der Waals surface area contributed by atoms with E-state index in [-0.39, 0.29) is 12.4 Å². The van der Waals surface area contributed by atoms with Gasteiger partial charge in [-0.3, -0.25) is 15.3 Å². The molecule has 1 aliphatic rings. The summed E-state index contributed by atoms with van der Waals surface area (Å²) < 4.78 is 5.63. The number of hydrogen-bond acceptors (Lipinski definition) is 6. The van der Waals surface area contributed by atoms with Crippen molar-refractivity contribution in [3.8, 4) is 11.3 Å². The van der Waals surface area contributed by atoms with Gasteiger partial charge in [0.2, 0.25) is 0 Å². The second-order valence-electron chi connectivity index (χ2n) is 5.22. The molecular weight excluding hydrogens is 308 g/mol. The molecule has 0 aromatic carbocycles. The standard InChI is InChI=1S/C17H16N4OS/c1-22-17-15-14(11(10-23-15)12-6-2-4-8-18-12)20-16(21-17)13-7-3-5-9-19-13/h2-10,16-17,20-21H,1H3. The highest BCUT2D eigenvalue weighted by molar-refractivity contribution is 7.11. The third-order valence-corrected chi connectivity index (χ3v) is 4.85. The lowest BCUT2D eigenvalue weighted by molar-refractivity contribution is 0.0642. The maximum Gasteiger partial charge on any atom is 0.147 e. The summed E-state index contributed by atoms with van der Waals surface area (Å²) in [5.74, 6) is 0. The number of ether oxygens (including phenoxy) is 1. The predicted octanol–water partition coefficient (Wildman–Crippen LogP) is 3.56. The molecule has 3 aromatic rings. The van der Waals surface area contributed by atoms with Crippen molar-refractivity contribution in [2.24, 2.45) is 0 Å². The number of fused-ring (bicyclic) bond motifs is 1. The van der Waals surface area contributed by atoms with Gasteiger partial charge in [-0.1, -0.05) is 12.1 Å². The average Bonchev–Trinajstić information content (AvgIpc) is 3.06. The van der Waals surface area contributed by atoms with Crippen LogP contribution in [-0.4, -0.2) is 17.1 Å². The van der Waals surface area contributed by atoms with Gasteiger partial charge in [0.25, 0.3) is 0 Å². The van der Waals surface area contributed by atoms with Crippen LogP contribution in [0.4, 0.5) is 5.69 Å². The van der Waals surface area contributed by atoms with Crippen molar-refractivity contribution < 1.29 is 4.74 Å². The van der Waals surface area contributed by atoms with Crippen LogP contribution in [-0.2, 0) is 4.74 Å². The maximum atomic E-state index is 5.63. The fourth-order valence-electron chi connectivity index (χ4n) is 2.72. The largest absolute Gasteiger partial charge is 0.363 e. The second kappa shape index (κ2) is 6.08. The van der Waals surface area contributed by atoms with Gasteiger partial charge in [0.05, 0.1) is 22.0 Å². The molecular formula is C17H16N4OS. The summed E-state index contributed by atoms with van der Waals surface area (Å²) in [4.78, 5) is 10.0. The Bertz CT molecular complexity index is 791. The van der Waals surface area contributed by atoms with Crippen molar-refractivity contribution in [2.45, 2.75) is 12.4 Å². The van der Waals surface area contributed by atoms with E-state index < -0.39 is 0 Å². The van der Waals surface area contributed by atoms with E-state index in [1.165, 1.54) is 0 Å². The van der Waals surface area contributed by atoms with Gasteiger partial charge in [-0.2, -0.15) is 0 Å². The first-order chi connectivity index (χ1) is 11.4. The van der Waals surface area contributed by atoms with Crippen molar-refractivity contribution in [1.82, 2.24) is 15.3 Å². The van der Waals surface area contributed by atoms with Crippen LogP contribution < -0.4 is 10.6 Å². The van der Waals surface area contributed by atoms with Crippen molar-refractivity contribution >= 4 is 17.0 Å². The summed E-state index contributed by atoms with van der Waals surface area (Å²) in [5, 5.41) is 9.10. The number of nitrogens with zero attached hydrogens (tertiary/aromatic N) is 2. The molecule has 2 N–H and O–H groups in total. The van der Waals surface area contributed by atoms with Crippen LogP contribution in [0.15, 0.2) is 54.2 Å². The van der Waals surface area contributed by atoms with E-state index >= 15 is 0 Å². The van der Waals surface area contributed by atoms with E-state index in [0.29, 0.717) is 0 Å². The SMILES string of the molecule is COC1NC(c2ccccn2)Nc2c(-c3ccccn3)csc21. The topological polar surface area (TPSA) is 59.1 Å². The Kier molecular flexibility index (Phi) is 3.78. The summed E-state index contributed by atoms with van der Waals surface area (Å²) in [7, 11) is 1.71. The third kappa shape index (κ3) is 2.61. The summed E-state index contributed by atoms with van der Waals surface area (Å²) in [6.45, 7) is 0. The normalized spacial score (nSPS) is 19.9. The molecule has 1 aliphatic heterocycles. The van der Waals surface area contributed by atoms with Gasteiger partial charge < -0.3 is 10.1 Å². The molecule has 23 heavy (non-hydrogen) atoms. The number of anilines is 1. The molecule has 2 atom stereocenters. The molecule has 4 heterocycles. The molecule has 3 aromatic heterocycles. The van der Waals surface area contributed by atoms with Crippen LogP contribution in [0.5, 0.6) is 0 Å². The number of hydrogen-bond donors (Lipinski definition) is 2. The van der Waals surface area contributed by atoms with E-state index in [2.05, 4.69) is 26.0 Å². The molecule has 0 bridgehead atoms. The minimum Gasteiger partial charge on any atom is -0.363 e. The quantitative estimate of drug-likeness (QED) is 0.771. The zero-order valence-electron chi connectivity index (χ0n) is 12.6. The van der Waals surface area contributed by atoms with Crippen LogP contribution in [0.2, 0.25) is 0 Å². The van der Waals surface area contributed by atoms with E-state index in [4.69, 9.17) is 4.74 Å². The van der Waals surface area contributed by atoms with Crippen molar-refractivity contribution in [3.05, 3.63) is 64.7 Å². The predicted molar refractivity (Wildman–Crippen MR) is 91.0 cm³/mol. The Hall–Kier alpha value is -2.28. The summed E-state index contributed by atoms with van der Waals surface area (Å²) in [5.41, 5.74) is 4.04. The average molecular weight is 324 g/mol. The van der Waals surface area contributed by atoms with E-state index in [0.717, 1.165) is 27.5 Å². The molecule has 0 saturated carbocycles. The molecule has 0 spiro atoms. The fourth-order valence-corrected chi connectivity index (χ4v) is 3.78. The van der Waals surface area contributed by atoms with Crippen LogP contribution in [0, 0.1) is 0 Å². The van der Waals surface area contributed by atoms with E-state index in [1.54, 1.807) is 24.6 Å². The first-order valence-electron chi connectivity index (χ1n) is 7.36. The molecule has 0 amide bonds. The van der Waals surface area contributed by atoms with Crippen molar-refractivity contribution in [1.29, 1.82) is 0 Å². The first-order valence-corrected chi connectivity index (χ1v) is 8.24. The monoisotopic (exact) mass is 324 g/mol. The summed E-state index contributed by atoms with van der Waals surface area (Å²) in [6, 6.07) is 11.8. The van der Waals surface area contributed by atoms with Gasteiger partial charge >= 0.3 is 0 Å². The van der Waals surface area contributed by atoms with Crippen molar-refractivity contribution in [3.63, 3.8) is 0 Å². The van der Waals surface area contributed by atoms with Crippen LogP contribution >= 0.6 is 11.3 Å². The van der Waals surface area contributed by atoms with Gasteiger partial charge in [0, 0.05) is 30.4 Å². The first kappa shape index (κ1) is 14.3. The van der Waals surface area contributed by atoms with E-state index in [1.807, 2.05) is 42.6 Å². The van der Waals surface area contributed by atoms with Crippen LogP contribution in [0.1, 0.15) is 23.0 Å². The summed E-state index contributed by atoms with van der Waals surface area (Å²) in [6.07, 6.45) is 3.33. The molecule has 6 heteroatoms. The lowest BCUT2D eigenvalue weighted by atomic mass is 10.1. The van der Waals surface area contributed by atoms with Crippen LogP contribution in [0.25, 0.3) is 11.3 Å². The molecule has 4 rings (SSSR count). The van der Waals surface area contributed by atoms with Gasteiger partial charge in [-0.25, -0.2) is 0 Å². The summed E-state index contributed by atoms with van der Waals surface area (Å²) >= 11 is 1.67. The Morgan fingerprint density at radius 1 is 1.09 bits per heavy atom. The number of nitrogens with one attached hydrogen (secondary N) is 2. The highest BCUT2D eigenvalue weighted by Gasteiger charge is 2.31. The number of pyridine rings is 2. The second-order valence-corrected chi connectivity index (χ2v) is 6.13. The van der Waals surface area contributed by atoms with Gasteiger partial charge in [-0.15, -0.1) is 11.3 Å². The van der Waals surface area contributed by atoms with Crippen molar-refractivity contribution in [2.75, 3.05) is 12.4 Å². The maximum absolute atomic E-state index is 5.63. The Labute approximate surface area is 138 Å². The zero-order valence-corrected chi connectivity index (χ0v) is 13.4. The van der Waals surface area contributed by atoms with Gasteiger partial charge in [-0.05, 0) is 24.3 Å². The molecule has 116 valence electrons. The molecule has 2 unspecified atom stereocenters. The smallest absolute Gasteiger partial charge is 0.147 e. The minimum absolute atomic E-state index is 0.106. The van der Waals surface area contributed by atoms with Gasteiger partial charge in [0.15, 0.2) is 0 Å². The van der Waals surface area contributed by atoms with E-state index in [9.17, 15) is 0 Å². The number of thiophene rings is 1. The lowest BCUT2D eigenvalue weighted by Crippen LogP contribution is -2.37. The highest BCUT2D eigenvalue weighted by atomic mass is 32.1. The third-order valence-electron chi connectivity index (χ3n) is 3.82. The molecule has 0 radical (unpaired) electrons. The highest BCUT2D eigenvalue weighted by Crippen LogP contribution is 2.43. The Morgan fingerprint density at radius 2 is 1.91 bits per heavy atom. The van der Waals surface area contributed by atoms with Gasteiger partial charge in [0.1, 0.15) is 12.4 Å². The lowest BCUT2D eigenvalue weighted by Gasteiger charge is -2.32. The van der Waals surface area contributed by atoms with Crippen LogP contribution in [0.3, 0.4) is 0 Å².